The van der Waals surface area contributed by atoms with Crippen LogP contribution in [0.4, 0.5) is 5.69 Å². The number of benzene rings is 2. The van der Waals surface area contributed by atoms with Gasteiger partial charge in [-0.3, -0.25) is 10.1 Å². The van der Waals surface area contributed by atoms with Crippen molar-refractivity contribution in [1.29, 1.82) is 0 Å². The van der Waals surface area contributed by atoms with Gasteiger partial charge < -0.3 is 8.92 Å². The highest BCUT2D eigenvalue weighted by Gasteiger charge is 2.28. The highest BCUT2D eigenvalue weighted by Crippen LogP contribution is 2.33. The molecule has 0 aliphatic heterocycles. The minimum Gasteiger partial charge on any atom is -0.493 e. The monoisotopic (exact) mass is 343 g/mol. The summed E-state index contributed by atoms with van der Waals surface area (Å²) in [6.45, 7) is 0. The zero-order valence-corrected chi connectivity index (χ0v) is 12.8. The first-order valence-corrected chi connectivity index (χ1v) is 7.65. The summed E-state index contributed by atoms with van der Waals surface area (Å²) in [6.07, 6.45) is 0. The molecule has 0 radical (unpaired) electrons. The fourth-order valence-electron chi connectivity index (χ4n) is 1.70. The molecule has 0 N–H and O–H groups in total. The minimum atomic E-state index is -4.42. The zero-order valence-electron chi connectivity index (χ0n) is 11.2. The van der Waals surface area contributed by atoms with E-state index in [1.165, 1.54) is 25.3 Å². The molecule has 116 valence electrons. The number of nitro groups is 1. The molecule has 2 aromatic rings. The van der Waals surface area contributed by atoms with Crippen molar-refractivity contribution in [2.75, 3.05) is 7.11 Å². The van der Waals surface area contributed by atoms with Gasteiger partial charge in [0.2, 0.25) is 0 Å². The third-order valence-corrected chi connectivity index (χ3v) is 4.17. The van der Waals surface area contributed by atoms with E-state index in [1.807, 2.05) is 0 Å². The summed E-state index contributed by atoms with van der Waals surface area (Å²) in [6, 6.07) is 9.24. The van der Waals surface area contributed by atoms with Crippen molar-refractivity contribution >= 4 is 27.4 Å². The summed E-state index contributed by atoms with van der Waals surface area (Å²) >= 11 is 5.66. The Hall–Kier alpha value is -2.32. The van der Waals surface area contributed by atoms with Gasteiger partial charge in [0.25, 0.3) is 5.69 Å². The third-order valence-electron chi connectivity index (χ3n) is 2.66. The fraction of sp³-hybridized carbons (Fsp3) is 0.0769. The van der Waals surface area contributed by atoms with Crippen LogP contribution in [0.25, 0.3) is 0 Å². The quantitative estimate of drug-likeness (QED) is 0.470. The van der Waals surface area contributed by atoms with E-state index in [1.54, 1.807) is 12.1 Å². The van der Waals surface area contributed by atoms with Crippen LogP contribution in [0.5, 0.6) is 11.5 Å². The lowest BCUT2D eigenvalue weighted by atomic mass is 10.3. The topological polar surface area (TPSA) is 95.7 Å². The van der Waals surface area contributed by atoms with Gasteiger partial charge in [-0.25, -0.2) is 0 Å². The SMILES string of the molecule is COc1ccccc1OS(=O)(=O)c1ccc(Cl)cc1[N+](=O)[O-]. The molecule has 7 nitrogen and oxygen atoms in total. The van der Waals surface area contributed by atoms with Crippen molar-refractivity contribution in [2.24, 2.45) is 0 Å². The number of nitrogens with zero attached hydrogens (tertiary/aromatic N) is 1. The van der Waals surface area contributed by atoms with E-state index in [2.05, 4.69) is 0 Å². The molecular weight excluding hydrogens is 334 g/mol. The van der Waals surface area contributed by atoms with Crippen LogP contribution >= 0.6 is 11.6 Å². The molecule has 0 aliphatic rings. The molecule has 0 saturated heterocycles. The second-order valence-electron chi connectivity index (χ2n) is 4.06. The largest absolute Gasteiger partial charge is 0.493 e. The van der Waals surface area contributed by atoms with Gasteiger partial charge in [-0.2, -0.15) is 8.42 Å². The van der Waals surface area contributed by atoms with Gasteiger partial charge in [-0.15, -0.1) is 0 Å². The molecule has 2 aromatic carbocycles. The Kier molecular flexibility index (Phi) is 4.53. The van der Waals surface area contributed by atoms with Crippen LogP contribution in [0, 0.1) is 10.1 Å². The Labute approximate surface area is 131 Å². The highest BCUT2D eigenvalue weighted by molar-refractivity contribution is 7.87. The third kappa shape index (κ3) is 3.29. The van der Waals surface area contributed by atoms with E-state index in [-0.39, 0.29) is 16.5 Å². The van der Waals surface area contributed by atoms with E-state index < -0.39 is 25.6 Å². The lowest BCUT2D eigenvalue weighted by molar-refractivity contribution is -0.387. The summed E-state index contributed by atoms with van der Waals surface area (Å²) in [4.78, 5) is 9.57. The van der Waals surface area contributed by atoms with Gasteiger partial charge in [0, 0.05) is 11.1 Å². The van der Waals surface area contributed by atoms with E-state index in [4.69, 9.17) is 20.5 Å². The lowest BCUT2D eigenvalue weighted by Gasteiger charge is -2.10. The Balaban J connectivity index is 2.50. The lowest BCUT2D eigenvalue weighted by Crippen LogP contribution is -2.12. The van der Waals surface area contributed by atoms with Crippen LogP contribution in [-0.4, -0.2) is 20.5 Å². The molecule has 0 fully saturated rings. The Morgan fingerprint density at radius 3 is 2.36 bits per heavy atom. The number of methoxy groups -OCH3 is 1. The van der Waals surface area contributed by atoms with E-state index in [9.17, 15) is 18.5 Å². The van der Waals surface area contributed by atoms with Crippen LogP contribution in [0.1, 0.15) is 0 Å². The zero-order chi connectivity index (χ0) is 16.3. The van der Waals surface area contributed by atoms with Crippen LogP contribution in [-0.2, 0) is 10.1 Å². The Morgan fingerprint density at radius 1 is 1.14 bits per heavy atom. The second-order valence-corrected chi connectivity index (χ2v) is 6.01. The summed E-state index contributed by atoms with van der Waals surface area (Å²) in [5.74, 6) is 0.108. The van der Waals surface area contributed by atoms with Crippen molar-refractivity contribution in [1.82, 2.24) is 0 Å². The molecule has 0 aromatic heterocycles. The number of halogens is 1. The molecule has 2 rings (SSSR count). The van der Waals surface area contributed by atoms with Gasteiger partial charge in [0.1, 0.15) is 0 Å². The number of hydrogen-bond donors (Lipinski definition) is 0. The summed E-state index contributed by atoms with van der Waals surface area (Å²) in [7, 11) is -3.07. The van der Waals surface area contributed by atoms with Crippen LogP contribution in [0.3, 0.4) is 0 Å². The summed E-state index contributed by atoms with van der Waals surface area (Å²) < 4.78 is 34.5. The van der Waals surface area contributed by atoms with Crippen molar-refractivity contribution in [3.05, 3.63) is 57.6 Å². The maximum atomic E-state index is 12.3. The summed E-state index contributed by atoms with van der Waals surface area (Å²) in [5.41, 5.74) is -0.664. The van der Waals surface area contributed by atoms with Gasteiger partial charge >= 0.3 is 10.1 Å². The molecule has 0 unspecified atom stereocenters. The maximum Gasteiger partial charge on any atom is 0.346 e. The standard InChI is InChI=1S/C13H10ClNO6S/c1-20-11-4-2-3-5-12(11)21-22(18,19)13-7-6-9(14)8-10(13)15(16)17/h2-8H,1H3. The average Bonchev–Trinajstić information content (AvgIpc) is 2.47. The van der Waals surface area contributed by atoms with Crippen LogP contribution < -0.4 is 8.92 Å². The van der Waals surface area contributed by atoms with Gasteiger partial charge in [-0.1, -0.05) is 23.7 Å². The molecule has 0 bridgehead atoms. The smallest absolute Gasteiger partial charge is 0.346 e. The number of rotatable bonds is 5. The van der Waals surface area contributed by atoms with E-state index >= 15 is 0 Å². The number of nitro benzene ring substituents is 1. The van der Waals surface area contributed by atoms with Crippen molar-refractivity contribution < 1.29 is 22.3 Å². The molecule has 0 saturated carbocycles. The molecule has 0 aliphatic carbocycles. The summed E-state index contributed by atoms with van der Waals surface area (Å²) in [5, 5.41) is 11.0. The number of para-hydroxylation sites is 2. The van der Waals surface area contributed by atoms with Crippen molar-refractivity contribution in [3.63, 3.8) is 0 Å². The minimum absolute atomic E-state index is 0.0444. The molecule has 22 heavy (non-hydrogen) atoms. The molecule has 0 heterocycles. The van der Waals surface area contributed by atoms with Crippen molar-refractivity contribution in [3.8, 4) is 11.5 Å². The van der Waals surface area contributed by atoms with Crippen LogP contribution in [0.15, 0.2) is 47.4 Å². The number of ether oxygens (including phenoxy) is 1. The fourth-order valence-corrected chi connectivity index (χ4v) is 2.95. The number of hydrogen-bond acceptors (Lipinski definition) is 6. The maximum absolute atomic E-state index is 12.3. The molecule has 0 atom stereocenters. The first-order chi connectivity index (χ1) is 10.3. The van der Waals surface area contributed by atoms with E-state index in [0.29, 0.717) is 0 Å². The first kappa shape index (κ1) is 16.1. The Bertz CT molecular complexity index is 821. The predicted molar refractivity (Wildman–Crippen MR) is 78.9 cm³/mol. The normalized spacial score (nSPS) is 11.0. The van der Waals surface area contributed by atoms with Gasteiger partial charge in [-0.05, 0) is 24.3 Å². The molecule has 0 amide bonds. The van der Waals surface area contributed by atoms with Crippen molar-refractivity contribution in [2.45, 2.75) is 4.90 Å². The van der Waals surface area contributed by atoms with E-state index in [0.717, 1.165) is 12.1 Å². The predicted octanol–water partition coefficient (Wildman–Crippen LogP) is 3.02. The van der Waals surface area contributed by atoms with Gasteiger partial charge in [0.05, 0.1) is 12.0 Å². The first-order valence-electron chi connectivity index (χ1n) is 5.86. The highest BCUT2D eigenvalue weighted by atomic mass is 35.5. The molecule has 0 spiro atoms. The van der Waals surface area contributed by atoms with Crippen LogP contribution in [0.2, 0.25) is 5.02 Å². The average molecular weight is 344 g/mol. The Morgan fingerprint density at radius 2 is 1.77 bits per heavy atom. The molecule has 9 heteroatoms. The van der Waals surface area contributed by atoms with Gasteiger partial charge in [0.15, 0.2) is 16.4 Å². The molecular formula is C13H10ClNO6S. The second kappa shape index (κ2) is 6.20.